The van der Waals surface area contributed by atoms with Crippen molar-refractivity contribution in [2.45, 2.75) is 11.7 Å². The normalized spacial score (nSPS) is 12.9. The highest BCUT2D eigenvalue weighted by Gasteiger charge is 2.26. The van der Waals surface area contributed by atoms with Gasteiger partial charge >= 0.3 is 0 Å². The molecule has 28 heavy (non-hydrogen) atoms. The van der Waals surface area contributed by atoms with Gasteiger partial charge in [-0.15, -0.1) is 10.2 Å². The van der Waals surface area contributed by atoms with Gasteiger partial charge in [0.05, 0.1) is 11.4 Å². The van der Waals surface area contributed by atoms with Crippen molar-refractivity contribution in [3.05, 3.63) is 59.9 Å². The summed E-state index contributed by atoms with van der Waals surface area (Å²) in [6, 6.07) is 9.03. The van der Waals surface area contributed by atoms with E-state index in [9.17, 15) is 18.0 Å². The molecular formula is C18H14F3N5OS. The number of anilines is 3. The summed E-state index contributed by atoms with van der Waals surface area (Å²) in [6.07, 6.45) is 0. The maximum atomic E-state index is 13.6. The van der Waals surface area contributed by atoms with Crippen molar-refractivity contribution < 1.29 is 18.0 Å². The summed E-state index contributed by atoms with van der Waals surface area (Å²) in [4.78, 5) is 14.0. The number of benzene rings is 2. The van der Waals surface area contributed by atoms with Gasteiger partial charge in [-0.3, -0.25) is 9.36 Å². The quantitative estimate of drug-likeness (QED) is 0.658. The maximum absolute atomic E-state index is 13.6. The van der Waals surface area contributed by atoms with Crippen LogP contribution >= 0.6 is 11.8 Å². The van der Waals surface area contributed by atoms with Crippen LogP contribution < -0.4 is 10.2 Å². The Balaban J connectivity index is 1.41. The molecule has 0 aliphatic carbocycles. The van der Waals surface area contributed by atoms with E-state index in [-0.39, 0.29) is 17.3 Å². The fourth-order valence-corrected chi connectivity index (χ4v) is 3.62. The van der Waals surface area contributed by atoms with Crippen LogP contribution in [0.1, 0.15) is 0 Å². The van der Waals surface area contributed by atoms with E-state index in [1.54, 1.807) is 12.1 Å². The van der Waals surface area contributed by atoms with E-state index < -0.39 is 17.5 Å². The molecule has 6 nitrogen and oxygen atoms in total. The Kier molecular flexibility index (Phi) is 4.95. The second kappa shape index (κ2) is 7.55. The van der Waals surface area contributed by atoms with Gasteiger partial charge in [-0.25, -0.2) is 13.2 Å². The molecule has 144 valence electrons. The van der Waals surface area contributed by atoms with Gasteiger partial charge in [0.2, 0.25) is 11.9 Å². The minimum Gasteiger partial charge on any atom is -0.323 e. The van der Waals surface area contributed by atoms with E-state index in [1.165, 1.54) is 18.2 Å². The van der Waals surface area contributed by atoms with Crippen molar-refractivity contribution in [2.24, 2.45) is 0 Å². The summed E-state index contributed by atoms with van der Waals surface area (Å²) < 4.78 is 41.5. The van der Waals surface area contributed by atoms with E-state index in [1.807, 2.05) is 9.47 Å². The van der Waals surface area contributed by atoms with Gasteiger partial charge < -0.3 is 10.2 Å². The van der Waals surface area contributed by atoms with Gasteiger partial charge in [0.25, 0.3) is 0 Å². The SMILES string of the molecule is O=C(CSc1nnc2n1CCN2c1ccc(F)cc1)Nc1ccc(F)cc1F. The first-order valence-corrected chi connectivity index (χ1v) is 9.34. The monoisotopic (exact) mass is 405 g/mol. The van der Waals surface area contributed by atoms with Crippen LogP contribution in [0, 0.1) is 17.5 Å². The lowest BCUT2D eigenvalue weighted by atomic mass is 10.3. The van der Waals surface area contributed by atoms with Crippen molar-refractivity contribution >= 4 is 35.0 Å². The fourth-order valence-electron chi connectivity index (χ4n) is 2.86. The average Bonchev–Trinajstić information content (AvgIpc) is 3.25. The van der Waals surface area contributed by atoms with Crippen LogP contribution in [-0.4, -0.2) is 33.0 Å². The molecule has 2 heterocycles. The van der Waals surface area contributed by atoms with E-state index in [0.29, 0.717) is 30.3 Å². The Morgan fingerprint density at radius 1 is 1.04 bits per heavy atom. The van der Waals surface area contributed by atoms with Gasteiger partial charge in [0.15, 0.2) is 5.16 Å². The predicted molar refractivity (Wildman–Crippen MR) is 99.1 cm³/mol. The van der Waals surface area contributed by atoms with Gasteiger partial charge in [-0.1, -0.05) is 11.8 Å². The Morgan fingerprint density at radius 3 is 2.54 bits per heavy atom. The first-order valence-electron chi connectivity index (χ1n) is 8.35. The van der Waals surface area contributed by atoms with E-state index in [2.05, 4.69) is 15.5 Å². The minimum absolute atomic E-state index is 0.00843. The highest BCUT2D eigenvalue weighted by atomic mass is 32.2. The fraction of sp³-hybridized carbons (Fsp3) is 0.167. The molecule has 3 aromatic rings. The standard InChI is InChI=1S/C18H14F3N5OS/c19-11-1-4-13(5-2-11)25-7-8-26-17(25)23-24-18(26)28-10-16(27)22-15-6-3-12(20)9-14(15)21/h1-6,9H,7-8,10H2,(H,22,27). The molecule has 0 atom stereocenters. The van der Waals surface area contributed by atoms with Crippen LogP contribution in [0.3, 0.4) is 0 Å². The summed E-state index contributed by atoms with van der Waals surface area (Å²) in [5.41, 5.74) is 0.717. The first kappa shape index (κ1) is 18.4. The van der Waals surface area contributed by atoms with Crippen molar-refractivity contribution in [3.63, 3.8) is 0 Å². The zero-order valence-electron chi connectivity index (χ0n) is 14.4. The number of aromatic nitrogens is 3. The second-order valence-corrected chi connectivity index (χ2v) is 6.97. The largest absolute Gasteiger partial charge is 0.323 e. The molecule has 1 amide bonds. The third kappa shape index (κ3) is 3.68. The summed E-state index contributed by atoms with van der Waals surface area (Å²) in [5, 5.41) is 11.2. The first-order chi connectivity index (χ1) is 13.5. The van der Waals surface area contributed by atoms with Crippen LogP contribution in [0.2, 0.25) is 0 Å². The molecule has 0 saturated carbocycles. The lowest BCUT2D eigenvalue weighted by Gasteiger charge is -2.14. The van der Waals surface area contributed by atoms with Gasteiger partial charge in [-0.05, 0) is 36.4 Å². The highest BCUT2D eigenvalue weighted by Crippen LogP contribution is 2.32. The molecule has 0 unspecified atom stereocenters. The van der Waals surface area contributed by atoms with Crippen molar-refractivity contribution in [2.75, 3.05) is 22.5 Å². The Morgan fingerprint density at radius 2 is 1.79 bits per heavy atom. The molecule has 0 radical (unpaired) electrons. The molecule has 2 aromatic carbocycles. The third-order valence-corrected chi connectivity index (χ3v) is 5.13. The minimum atomic E-state index is -0.836. The topological polar surface area (TPSA) is 63.1 Å². The van der Waals surface area contributed by atoms with Crippen molar-refractivity contribution in [1.82, 2.24) is 14.8 Å². The lowest BCUT2D eigenvalue weighted by Crippen LogP contribution is -2.15. The molecule has 0 bridgehead atoms. The predicted octanol–water partition coefficient (Wildman–Crippen LogP) is 3.58. The van der Waals surface area contributed by atoms with Crippen LogP contribution in [0.15, 0.2) is 47.6 Å². The number of carbonyl (C=O) groups is 1. The number of carbonyl (C=O) groups excluding carboxylic acids is 1. The van der Waals surface area contributed by atoms with E-state index >= 15 is 0 Å². The number of hydrogen-bond donors (Lipinski definition) is 1. The molecular weight excluding hydrogens is 391 g/mol. The van der Waals surface area contributed by atoms with Crippen molar-refractivity contribution in [1.29, 1.82) is 0 Å². The molecule has 1 aromatic heterocycles. The van der Waals surface area contributed by atoms with Gasteiger partial charge in [0.1, 0.15) is 17.5 Å². The van der Waals surface area contributed by atoms with Crippen molar-refractivity contribution in [3.8, 4) is 0 Å². The molecule has 1 aliphatic rings. The number of fused-ring (bicyclic) bond motifs is 1. The number of halogens is 3. The Bertz CT molecular complexity index is 1020. The van der Waals surface area contributed by atoms with Crippen LogP contribution in [0.25, 0.3) is 0 Å². The summed E-state index contributed by atoms with van der Waals surface area (Å²) in [6.45, 7) is 1.27. The van der Waals surface area contributed by atoms with Crippen LogP contribution in [0.5, 0.6) is 0 Å². The summed E-state index contributed by atoms with van der Waals surface area (Å²) in [5.74, 6) is -1.71. The molecule has 1 N–H and O–H groups in total. The number of rotatable bonds is 5. The zero-order chi connectivity index (χ0) is 19.7. The number of nitrogens with one attached hydrogen (secondary N) is 1. The average molecular weight is 405 g/mol. The van der Waals surface area contributed by atoms with Gasteiger partial charge in [0, 0.05) is 24.8 Å². The smallest absolute Gasteiger partial charge is 0.234 e. The lowest BCUT2D eigenvalue weighted by molar-refractivity contribution is -0.113. The summed E-state index contributed by atoms with van der Waals surface area (Å²) in [7, 11) is 0. The second-order valence-electron chi connectivity index (χ2n) is 6.02. The van der Waals surface area contributed by atoms with E-state index in [4.69, 9.17) is 0 Å². The van der Waals surface area contributed by atoms with Crippen LogP contribution in [-0.2, 0) is 11.3 Å². The molecule has 10 heteroatoms. The summed E-state index contributed by atoms with van der Waals surface area (Å²) >= 11 is 1.16. The number of nitrogens with zero attached hydrogens (tertiary/aromatic N) is 4. The molecule has 0 saturated heterocycles. The highest BCUT2D eigenvalue weighted by molar-refractivity contribution is 7.99. The molecule has 0 spiro atoms. The molecule has 1 aliphatic heterocycles. The Labute approximate surface area is 162 Å². The van der Waals surface area contributed by atoms with E-state index in [0.717, 1.165) is 23.5 Å². The number of hydrogen-bond acceptors (Lipinski definition) is 5. The number of amides is 1. The maximum Gasteiger partial charge on any atom is 0.234 e. The Hall–Kier alpha value is -3.01. The molecule has 4 rings (SSSR count). The number of thioether (sulfide) groups is 1. The molecule has 0 fully saturated rings. The van der Waals surface area contributed by atoms with Crippen LogP contribution in [0.4, 0.5) is 30.5 Å². The van der Waals surface area contributed by atoms with Gasteiger partial charge in [-0.2, -0.15) is 0 Å². The zero-order valence-corrected chi connectivity index (χ0v) is 15.2. The third-order valence-electron chi connectivity index (χ3n) is 4.16.